The molecular formula is C28H29F5N4O5. The molecule has 3 aromatic rings. The van der Waals surface area contributed by atoms with E-state index in [1.165, 1.54) is 17.0 Å². The van der Waals surface area contributed by atoms with E-state index in [-0.39, 0.29) is 48.0 Å². The van der Waals surface area contributed by atoms with Crippen molar-refractivity contribution in [2.45, 2.75) is 57.2 Å². The summed E-state index contributed by atoms with van der Waals surface area (Å²) in [6, 6.07) is 10.7. The Morgan fingerprint density at radius 3 is 2.21 bits per heavy atom. The van der Waals surface area contributed by atoms with Crippen molar-refractivity contribution in [2.75, 3.05) is 23.3 Å². The SMILES string of the molecule is CC(=O)O.O=C(O)C1CCC(Nc2ccc(-c3nc(-c4ccc(N5CCC(F)(F)CC5)c(C(F)(F)F)c4)no3)cc2)C1. The topological polar surface area (TPSA) is 129 Å². The molecule has 2 unspecified atom stereocenters. The summed E-state index contributed by atoms with van der Waals surface area (Å²) in [6.07, 6.45) is -3.77. The predicted molar refractivity (Wildman–Crippen MR) is 142 cm³/mol. The molecule has 2 fully saturated rings. The van der Waals surface area contributed by atoms with Gasteiger partial charge in [0.25, 0.3) is 17.8 Å². The smallest absolute Gasteiger partial charge is 0.418 e. The van der Waals surface area contributed by atoms with Crippen molar-refractivity contribution in [3.63, 3.8) is 0 Å². The highest BCUT2D eigenvalue weighted by molar-refractivity contribution is 5.71. The lowest BCUT2D eigenvalue weighted by molar-refractivity contribution is -0.141. The Labute approximate surface area is 237 Å². The van der Waals surface area contributed by atoms with Crippen LogP contribution in [0.4, 0.5) is 33.3 Å². The molecule has 1 saturated carbocycles. The summed E-state index contributed by atoms with van der Waals surface area (Å²) in [7, 11) is 0. The number of nitrogens with one attached hydrogen (secondary N) is 1. The molecule has 2 heterocycles. The molecule has 0 radical (unpaired) electrons. The third-order valence-corrected chi connectivity index (χ3v) is 7.11. The summed E-state index contributed by atoms with van der Waals surface area (Å²) in [5, 5.41) is 23.7. The minimum atomic E-state index is -4.70. The van der Waals surface area contributed by atoms with Gasteiger partial charge in [0.15, 0.2) is 0 Å². The van der Waals surface area contributed by atoms with Crippen molar-refractivity contribution < 1.29 is 46.3 Å². The third kappa shape index (κ3) is 7.74. The Kier molecular flexibility index (Phi) is 9.02. The van der Waals surface area contributed by atoms with Gasteiger partial charge in [-0.15, -0.1) is 0 Å². The highest BCUT2D eigenvalue weighted by atomic mass is 19.4. The molecule has 0 amide bonds. The van der Waals surface area contributed by atoms with E-state index >= 15 is 0 Å². The van der Waals surface area contributed by atoms with E-state index in [0.717, 1.165) is 25.1 Å². The van der Waals surface area contributed by atoms with Crippen molar-refractivity contribution in [3.05, 3.63) is 48.0 Å². The van der Waals surface area contributed by atoms with Crippen molar-refractivity contribution in [1.29, 1.82) is 0 Å². The van der Waals surface area contributed by atoms with Crippen LogP contribution in [0.3, 0.4) is 0 Å². The summed E-state index contributed by atoms with van der Waals surface area (Å²) in [4.78, 5) is 25.7. The van der Waals surface area contributed by atoms with Gasteiger partial charge in [0, 0.05) is 61.4 Å². The van der Waals surface area contributed by atoms with E-state index in [0.29, 0.717) is 18.4 Å². The molecule has 1 saturated heterocycles. The van der Waals surface area contributed by atoms with Gasteiger partial charge in [-0.25, -0.2) is 8.78 Å². The molecule has 2 aromatic carbocycles. The van der Waals surface area contributed by atoms with E-state index in [2.05, 4.69) is 15.5 Å². The van der Waals surface area contributed by atoms with Gasteiger partial charge in [0.1, 0.15) is 0 Å². The molecule has 0 bridgehead atoms. The van der Waals surface area contributed by atoms with Gasteiger partial charge < -0.3 is 25.0 Å². The lowest BCUT2D eigenvalue weighted by atomic mass is 10.0. The summed E-state index contributed by atoms with van der Waals surface area (Å²) in [5.41, 5.74) is 0.349. The maximum atomic E-state index is 13.9. The van der Waals surface area contributed by atoms with Crippen LogP contribution in [-0.4, -0.2) is 57.3 Å². The van der Waals surface area contributed by atoms with E-state index in [4.69, 9.17) is 19.5 Å². The number of benzene rings is 2. The number of halogens is 5. The fourth-order valence-electron chi connectivity index (χ4n) is 4.99. The first kappa shape index (κ1) is 30.7. The van der Waals surface area contributed by atoms with E-state index in [1.807, 2.05) is 0 Å². The van der Waals surface area contributed by atoms with Crippen molar-refractivity contribution in [2.24, 2.45) is 5.92 Å². The van der Waals surface area contributed by atoms with Crippen LogP contribution in [0.5, 0.6) is 0 Å². The number of anilines is 2. The lowest BCUT2D eigenvalue weighted by Crippen LogP contribution is -2.40. The van der Waals surface area contributed by atoms with Crippen LogP contribution >= 0.6 is 0 Å². The molecule has 226 valence electrons. The Morgan fingerprint density at radius 2 is 1.64 bits per heavy atom. The highest BCUT2D eigenvalue weighted by Crippen LogP contribution is 2.41. The Balaban J connectivity index is 0.000000952. The van der Waals surface area contributed by atoms with Crippen LogP contribution in [0, 0.1) is 5.92 Å². The van der Waals surface area contributed by atoms with Gasteiger partial charge in [0.2, 0.25) is 5.82 Å². The second-order valence-electron chi connectivity index (χ2n) is 10.3. The first-order valence-electron chi connectivity index (χ1n) is 13.2. The van der Waals surface area contributed by atoms with Gasteiger partial charge in [-0.3, -0.25) is 9.59 Å². The molecule has 3 N–H and O–H groups in total. The normalized spacial score (nSPS) is 20.0. The summed E-state index contributed by atoms with van der Waals surface area (Å²) in [5.74, 6) is -4.75. The average Bonchev–Trinajstić information content (AvgIpc) is 3.59. The van der Waals surface area contributed by atoms with Crippen molar-refractivity contribution >= 4 is 23.3 Å². The molecule has 2 atom stereocenters. The molecule has 2 aliphatic rings. The largest absolute Gasteiger partial charge is 0.481 e. The van der Waals surface area contributed by atoms with Gasteiger partial charge in [0.05, 0.1) is 11.5 Å². The number of hydrogen-bond donors (Lipinski definition) is 3. The molecule has 1 aliphatic heterocycles. The number of piperidine rings is 1. The fourth-order valence-corrected chi connectivity index (χ4v) is 4.99. The zero-order valence-electron chi connectivity index (χ0n) is 22.5. The van der Waals surface area contributed by atoms with Gasteiger partial charge >= 0.3 is 12.1 Å². The molecule has 1 aromatic heterocycles. The highest BCUT2D eigenvalue weighted by Gasteiger charge is 2.39. The van der Waals surface area contributed by atoms with Crippen LogP contribution in [0.15, 0.2) is 47.0 Å². The first-order chi connectivity index (χ1) is 19.7. The number of hydrogen-bond acceptors (Lipinski definition) is 7. The number of aromatic nitrogens is 2. The van der Waals surface area contributed by atoms with E-state index in [1.54, 1.807) is 24.3 Å². The van der Waals surface area contributed by atoms with E-state index < -0.39 is 42.4 Å². The number of alkyl halides is 5. The first-order valence-corrected chi connectivity index (χ1v) is 13.2. The Hall–Kier alpha value is -4.23. The molecule has 1 aliphatic carbocycles. The molecule has 42 heavy (non-hydrogen) atoms. The number of carbonyl (C=O) groups is 2. The fraction of sp³-hybridized carbons (Fsp3) is 0.429. The quantitative estimate of drug-likeness (QED) is 0.276. The molecule has 14 heteroatoms. The number of carboxylic acids is 2. The van der Waals surface area contributed by atoms with Crippen LogP contribution in [0.2, 0.25) is 0 Å². The van der Waals surface area contributed by atoms with Crippen LogP contribution in [-0.2, 0) is 15.8 Å². The average molecular weight is 597 g/mol. The van der Waals surface area contributed by atoms with Gasteiger partial charge in [-0.2, -0.15) is 18.2 Å². The molecular weight excluding hydrogens is 567 g/mol. The van der Waals surface area contributed by atoms with Crippen LogP contribution in [0.25, 0.3) is 22.8 Å². The summed E-state index contributed by atoms with van der Waals surface area (Å²) in [6.45, 7) is 0.737. The minimum Gasteiger partial charge on any atom is -0.481 e. The monoisotopic (exact) mass is 596 g/mol. The standard InChI is InChI=1S/C26H25F5N4O3.C2H4O2/c27-25(28)9-11-35(12-10-25)21-8-4-16(14-20(21)26(29,30)31)22-33-23(38-34-22)15-1-5-18(6-2-15)32-19-7-3-17(13-19)24(36)37;1-2(3)4/h1-2,4-6,8,14,17,19,32H,3,7,9-13H2,(H,36,37);1H3,(H,3,4). The maximum Gasteiger partial charge on any atom is 0.418 e. The zero-order chi connectivity index (χ0) is 30.7. The van der Waals surface area contributed by atoms with Crippen LogP contribution in [0.1, 0.15) is 44.6 Å². The van der Waals surface area contributed by atoms with Gasteiger partial charge in [-0.05, 0) is 61.7 Å². The minimum absolute atomic E-state index is 0.0323. The van der Waals surface area contributed by atoms with Crippen molar-refractivity contribution in [3.8, 4) is 22.8 Å². The molecule has 9 nitrogen and oxygen atoms in total. The summed E-state index contributed by atoms with van der Waals surface area (Å²) < 4.78 is 74.0. The zero-order valence-corrected chi connectivity index (χ0v) is 22.5. The Bertz CT molecular complexity index is 1400. The predicted octanol–water partition coefficient (Wildman–Crippen LogP) is 6.41. The lowest BCUT2D eigenvalue weighted by Gasteiger charge is -2.34. The Morgan fingerprint density at radius 1 is 1.02 bits per heavy atom. The third-order valence-electron chi connectivity index (χ3n) is 7.11. The van der Waals surface area contributed by atoms with Gasteiger partial charge in [-0.1, -0.05) is 5.16 Å². The number of aliphatic carboxylic acids is 2. The number of nitrogens with zero attached hydrogens (tertiary/aromatic N) is 3. The molecule has 5 rings (SSSR count). The number of rotatable bonds is 6. The summed E-state index contributed by atoms with van der Waals surface area (Å²) >= 11 is 0. The van der Waals surface area contributed by atoms with E-state index in [9.17, 15) is 26.7 Å². The van der Waals surface area contributed by atoms with Crippen LogP contribution < -0.4 is 10.2 Å². The second-order valence-corrected chi connectivity index (χ2v) is 10.3. The maximum absolute atomic E-state index is 13.9. The van der Waals surface area contributed by atoms with Crippen molar-refractivity contribution in [1.82, 2.24) is 10.1 Å². The molecule has 0 spiro atoms. The number of carboxylic acid groups (broad SMARTS) is 2. The second kappa shape index (κ2) is 12.3.